The number of rotatable bonds is 5. The number of para-hydroxylation sites is 1. The maximum atomic E-state index is 13.8. The van der Waals surface area contributed by atoms with Crippen molar-refractivity contribution in [3.63, 3.8) is 0 Å². The van der Waals surface area contributed by atoms with Gasteiger partial charge < -0.3 is 10.4 Å². The average Bonchev–Trinajstić information content (AvgIpc) is 2.64. The zero-order chi connectivity index (χ0) is 17.6. The standard InChI is InChI=1S/C21H18FNO2/c22-18-12-7-13-19(24)21(18)23-20(25)14-17(15-8-3-1-4-9-15)16-10-5-2-6-11-16/h1-13,17,24H,14H2,(H,23,25). The Morgan fingerprint density at radius 2 is 1.44 bits per heavy atom. The summed E-state index contributed by atoms with van der Waals surface area (Å²) < 4.78 is 13.8. The molecule has 2 N–H and O–H groups in total. The summed E-state index contributed by atoms with van der Waals surface area (Å²) >= 11 is 0. The van der Waals surface area contributed by atoms with Gasteiger partial charge in [0.1, 0.15) is 11.4 Å². The van der Waals surface area contributed by atoms with Crippen LogP contribution in [0.15, 0.2) is 78.9 Å². The summed E-state index contributed by atoms with van der Waals surface area (Å²) in [7, 11) is 0. The first-order valence-corrected chi connectivity index (χ1v) is 8.02. The third kappa shape index (κ3) is 4.04. The van der Waals surface area contributed by atoms with E-state index in [1.54, 1.807) is 0 Å². The maximum Gasteiger partial charge on any atom is 0.225 e. The van der Waals surface area contributed by atoms with Gasteiger partial charge in [0.2, 0.25) is 5.91 Å². The molecule has 0 unspecified atom stereocenters. The second-order valence-electron chi connectivity index (χ2n) is 5.76. The van der Waals surface area contributed by atoms with Gasteiger partial charge >= 0.3 is 0 Å². The summed E-state index contributed by atoms with van der Waals surface area (Å²) in [6.07, 6.45) is 0.141. The van der Waals surface area contributed by atoms with E-state index in [-0.39, 0.29) is 29.7 Å². The molecule has 3 nitrogen and oxygen atoms in total. The first-order chi connectivity index (χ1) is 12.1. The first kappa shape index (κ1) is 16.7. The van der Waals surface area contributed by atoms with Crippen molar-refractivity contribution >= 4 is 11.6 Å². The molecule has 1 amide bonds. The first-order valence-electron chi connectivity index (χ1n) is 8.02. The lowest BCUT2D eigenvalue weighted by molar-refractivity contribution is -0.116. The molecule has 0 heterocycles. The predicted octanol–water partition coefficient (Wildman–Crippen LogP) is 4.69. The van der Waals surface area contributed by atoms with Gasteiger partial charge in [-0.2, -0.15) is 0 Å². The van der Waals surface area contributed by atoms with E-state index >= 15 is 0 Å². The molecule has 0 aliphatic carbocycles. The minimum absolute atomic E-state index is 0.141. The van der Waals surface area contributed by atoms with Crippen LogP contribution < -0.4 is 5.32 Å². The molecule has 0 atom stereocenters. The summed E-state index contributed by atoms with van der Waals surface area (Å²) in [5.41, 5.74) is 1.82. The summed E-state index contributed by atoms with van der Waals surface area (Å²) in [5, 5.41) is 12.2. The number of aromatic hydroxyl groups is 1. The van der Waals surface area contributed by atoms with Gasteiger partial charge in [0.05, 0.1) is 0 Å². The minimum Gasteiger partial charge on any atom is -0.506 e. The molecule has 0 aliphatic heterocycles. The number of benzene rings is 3. The van der Waals surface area contributed by atoms with Crippen LogP contribution in [0.3, 0.4) is 0 Å². The zero-order valence-electron chi connectivity index (χ0n) is 13.5. The van der Waals surface area contributed by atoms with E-state index in [1.165, 1.54) is 18.2 Å². The topological polar surface area (TPSA) is 49.3 Å². The van der Waals surface area contributed by atoms with Crippen LogP contribution in [0.5, 0.6) is 5.75 Å². The van der Waals surface area contributed by atoms with Crippen LogP contribution in [0.1, 0.15) is 23.5 Å². The van der Waals surface area contributed by atoms with Crippen LogP contribution in [-0.4, -0.2) is 11.0 Å². The summed E-state index contributed by atoms with van der Waals surface area (Å²) in [6.45, 7) is 0. The number of hydrogen-bond donors (Lipinski definition) is 2. The largest absolute Gasteiger partial charge is 0.506 e. The van der Waals surface area contributed by atoms with E-state index in [4.69, 9.17) is 0 Å². The number of phenols is 1. The summed E-state index contributed by atoms with van der Waals surface area (Å²) in [6, 6.07) is 23.3. The van der Waals surface area contributed by atoms with Gasteiger partial charge in [0.15, 0.2) is 5.82 Å². The van der Waals surface area contributed by atoms with E-state index in [1.807, 2.05) is 60.7 Å². The van der Waals surface area contributed by atoms with E-state index in [0.717, 1.165) is 11.1 Å². The van der Waals surface area contributed by atoms with E-state index in [0.29, 0.717) is 0 Å². The fourth-order valence-electron chi connectivity index (χ4n) is 2.81. The molecule has 3 aromatic carbocycles. The van der Waals surface area contributed by atoms with Crippen molar-refractivity contribution in [3.8, 4) is 5.75 Å². The Morgan fingerprint density at radius 3 is 1.96 bits per heavy atom. The number of halogens is 1. The smallest absolute Gasteiger partial charge is 0.225 e. The Labute approximate surface area is 145 Å². The SMILES string of the molecule is O=C(CC(c1ccccc1)c1ccccc1)Nc1c(O)cccc1F. The fourth-order valence-corrected chi connectivity index (χ4v) is 2.81. The number of anilines is 1. The van der Waals surface area contributed by atoms with Gasteiger partial charge in [-0.05, 0) is 23.3 Å². The number of hydrogen-bond acceptors (Lipinski definition) is 2. The van der Waals surface area contributed by atoms with Crippen molar-refractivity contribution in [2.24, 2.45) is 0 Å². The van der Waals surface area contributed by atoms with Crippen molar-refractivity contribution in [2.45, 2.75) is 12.3 Å². The molecule has 0 fully saturated rings. The molecule has 126 valence electrons. The normalized spacial score (nSPS) is 10.6. The molecular formula is C21H18FNO2. The number of amides is 1. The van der Waals surface area contributed by atoms with Crippen LogP contribution in [-0.2, 0) is 4.79 Å². The molecule has 0 saturated carbocycles. The molecule has 0 bridgehead atoms. The molecule has 0 aromatic heterocycles. The Balaban J connectivity index is 1.84. The monoisotopic (exact) mass is 335 g/mol. The van der Waals surface area contributed by atoms with Crippen molar-refractivity contribution in [1.29, 1.82) is 0 Å². The van der Waals surface area contributed by atoms with Crippen molar-refractivity contribution in [3.05, 3.63) is 95.8 Å². The highest BCUT2D eigenvalue weighted by atomic mass is 19.1. The second kappa shape index (κ2) is 7.62. The Morgan fingerprint density at radius 1 is 0.880 bits per heavy atom. The van der Waals surface area contributed by atoms with Crippen molar-refractivity contribution in [2.75, 3.05) is 5.32 Å². The predicted molar refractivity (Wildman–Crippen MR) is 96.0 cm³/mol. The molecule has 0 spiro atoms. The second-order valence-corrected chi connectivity index (χ2v) is 5.76. The van der Waals surface area contributed by atoms with Gasteiger partial charge in [-0.3, -0.25) is 4.79 Å². The third-order valence-electron chi connectivity index (χ3n) is 4.05. The fraction of sp³-hybridized carbons (Fsp3) is 0.0952. The van der Waals surface area contributed by atoms with Crippen LogP contribution >= 0.6 is 0 Å². The molecule has 3 rings (SSSR count). The van der Waals surface area contributed by atoms with E-state index in [9.17, 15) is 14.3 Å². The third-order valence-corrected chi connectivity index (χ3v) is 4.05. The summed E-state index contributed by atoms with van der Waals surface area (Å²) in [5.74, 6) is -1.47. The van der Waals surface area contributed by atoms with Crippen molar-refractivity contribution < 1.29 is 14.3 Å². The molecule has 0 radical (unpaired) electrons. The molecular weight excluding hydrogens is 317 g/mol. The molecule has 3 aromatic rings. The quantitative estimate of drug-likeness (QED) is 0.665. The highest BCUT2D eigenvalue weighted by Crippen LogP contribution is 2.30. The van der Waals surface area contributed by atoms with Crippen LogP contribution in [0.4, 0.5) is 10.1 Å². The van der Waals surface area contributed by atoms with E-state index in [2.05, 4.69) is 5.32 Å². The summed E-state index contributed by atoms with van der Waals surface area (Å²) in [4.78, 5) is 12.5. The van der Waals surface area contributed by atoms with Crippen molar-refractivity contribution in [1.82, 2.24) is 0 Å². The van der Waals surface area contributed by atoms with Crippen LogP contribution in [0, 0.1) is 5.82 Å². The van der Waals surface area contributed by atoms with Gasteiger partial charge in [-0.1, -0.05) is 66.7 Å². The Bertz CT molecular complexity index is 791. The molecule has 25 heavy (non-hydrogen) atoms. The van der Waals surface area contributed by atoms with E-state index < -0.39 is 5.82 Å². The highest BCUT2D eigenvalue weighted by Gasteiger charge is 2.19. The van der Waals surface area contributed by atoms with Gasteiger partial charge in [0, 0.05) is 12.3 Å². The zero-order valence-corrected chi connectivity index (χ0v) is 13.5. The number of phenolic OH excluding ortho intramolecular Hbond substituents is 1. The number of carbonyl (C=O) groups excluding carboxylic acids is 1. The average molecular weight is 335 g/mol. The lowest BCUT2D eigenvalue weighted by atomic mass is 9.88. The molecule has 4 heteroatoms. The Hall–Kier alpha value is -3.14. The number of carbonyl (C=O) groups is 1. The van der Waals surface area contributed by atoms with Crippen LogP contribution in [0.2, 0.25) is 0 Å². The van der Waals surface area contributed by atoms with Gasteiger partial charge in [0.25, 0.3) is 0 Å². The lowest BCUT2D eigenvalue weighted by Crippen LogP contribution is -2.17. The minimum atomic E-state index is -0.663. The molecule has 0 aliphatic rings. The van der Waals surface area contributed by atoms with Crippen LogP contribution in [0.25, 0.3) is 0 Å². The molecule has 0 saturated heterocycles. The highest BCUT2D eigenvalue weighted by molar-refractivity contribution is 5.93. The van der Waals surface area contributed by atoms with Gasteiger partial charge in [-0.15, -0.1) is 0 Å². The lowest BCUT2D eigenvalue weighted by Gasteiger charge is -2.18. The Kier molecular flexibility index (Phi) is 5.09. The maximum absolute atomic E-state index is 13.8. The number of nitrogens with one attached hydrogen (secondary N) is 1. The van der Waals surface area contributed by atoms with Gasteiger partial charge in [-0.25, -0.2) is 4.39 Å².